The molecule has 4 atom stereocenters. The van der Waals surface area contributed by atoms with Crippen LogP contribution in [0.25, 0.3) is 0 Å². The number of aryl methyl sites for hydroxylation is 2. The zero-order valence-corrected chi connectivity index (χ0v) is 61.0. The maximum atomic E-state index is 9.96. The van der Waals surface area contributed by atoms with Gasteiger partial charge in [0.15, 0.2) is 0 Å². The molecule has 0 fully saturated rings. The van der Waals surface area contributed by atoms with Crippen molar-refractivity contribution >= 4 is 121 Å². The minimum absolute atomic E-state index is 0.00795. The van der Waals surface area contributed by atoms with Crippen LogP contribution >= 0.6 is 121 Å². The van der Waals surface area contributed by atoms with Crippen LogP contribution in [0.4, 0.5) is 4.39 Å². The number of halogens is 9. The van der Waals surface area contributed by atoms with Crippen molar-refractivity contribution in [3.05, 3.63) is 120 Å². The fourth-order valence-electron chi connectivity index (χ4n) is 8.41. The van der Waals surface area contributed by atoms with Crippen molar-refractivity contribution < 1.29 is 49.0 Å². The van der Waals surface area contributed by atoms with E-state index in [1.165, 1.54) is 65.4 Å². The second-order valence-electron chi connectivity index (χ2n) is 23.2. The van der Waals surface area contributed by atoms with Gasteiger partial charge in [-0.1, -0.05) is 124 Å². The van der Waals surface area contributed by atoms with Crippen LogP contribution in [0.1, 0.15) is 217 Å². The predicted molar refractivity (Wildman–Crippen MR) is 344 cm³/mol. The van der Waals surface area contributed by atoms with Crippen LogP contribution in [0.15, 0.2) is 57.5 Å². The quantitative estimate of drug-likeness (QED) is 0.0437. The van der Waals surface area contributed by atoms with E-state index in [-0.39, 0.29) is 21.7 Å². The first-order valence-electron chi connectivity index (χ1n) is 27.1. The molecule has 0 aromatic heterocycles. The first kappa shape index (κ1) is 69.6. The number of benzene rings is 4. The number of fused-ring (bicyclic) bond motifs is 12. The van der Waals surface area contributed by atoms with Gasteiger partial charge >= 0.3 is 34.5 Å². The van der Waals surface area contributed by atoms with Crippen LogP contribution in [0.2, 0.25) is 0 Å². The molecule has 4 aliphatic rings. The van der Waals surface area contributed by atoms with Crippen molar-refractivity contribution in [1.82, 2.24) is 0 Å². The Morgan fingerprint density at radius 1 is 0.494 bits per heavy atom. The van der Waals surface area contributed by atoms with Gasteiger partial charge in [0, 0.05) is 23.5 Å². The molecule has 0 amide bonds. The summed E-state index contributed by atoms with van der Waals surface area (Å²) in [4.78, 5) is 0. The molecular weight excluding hydrogens is 1470 g/mol. The Hall–Kier alpha value is 0.133. The first-order chi connectivity index (χ1) is 36.7. The van der Waals surface area contributed by atoms with Crippen LogP contribution < -0.4 is 18.9 Å². The topological polar surface area (TPSA) is 55.4 Å². The van der Waals surface area contributed by atoms with E-state index in [1.807, 2.05) is 0 Å². The zero-order valence-electron chi connectivity index (χ0n) is 48.5. The van der Waals surface area contributed by atoms with Crippen molar-refractivity contribution in [1.29, 1.82) is 0 Å². The number of hydrogen-bond donors (Lipinski definition) is 0. The van der Waals surface area contributed by atoms with Crippen molar-refractivity contribution in [2.75, 3.05) is 35.1 Å². The molecule has 8 rings (SSSR count). The Kier molecular flexibility index (Phi) is 30.4. The molecule has 0 spiro atoms. The molecule has 4 aromatic carbocycles. The van der Waals surface area contributed by atoms with E-state index >= 15 is 0 Å². The molecule has 4 bridgehead atoms. The van der Waals surface area contributed by atoms with Crippen LogP contribution in [-0.2, 0) is 58.8 Å². The number of hydrogen-bond acceptors (Lipinski definition) is 6. The van der Waals surface area contributed by atoms with Gasteiger partial charge in [0.05, 0.1) is 39.7 Å². The van der Waals surface area contributed by atoms with Crippen molar-refractivity contribution in [3.8, 4) is 23.0 Å². The van der Waals surface area contributed by atoms with Gasteiger partial charge in [-0.3, -0.25) is 13.9 Å². The van der Waals surface area contributed by atoms with Gasteiger partial charge in [-0.15, -0.1) is 46.4 Å². The Balaban J connectivity index is 0.000000327. The standard InChI is InChI=1S/C30H40Cl2O3.C22H24Br2O3.C4H8ClI.C4H8Cl.CH3F.HI.Zn/c1-29(2,3)21-15-19(11-7-9-13-31)25-23(17-21)27-34-26-20(12-8-10-14-32)16-22(30(4,5)6)18-24(26)28(33-25)35-27;1-21(2,3)11-7-13-17(15(23)9-11)25-20-14-8-12(22(4,5)6)10-16(24)18(14)26-19(13)27-20;5-3-1-2-4-6;1-2-3-4-5;1-2;;/h15-18,27-28H,7-14H2,1-6H3;7-10,19-20H,1-6H3;1-4H2;1-4H2;1H3;1H;/q;;;-1;;;+2/p-1/i;;;;1D;;. The SMILES string of the molecule is CC(C)(C)c1cc(Br)c2c(c1)C1Oc3c(Br)cc(C(C)(C)C)cc3C(O2)O1.CC(C)(C)c1cc(CCCCCl)c2c(c1)C1Oc3c(CCCCCl)cc(C(C)(C)C)cc3C(O2)O1.ClCCCCI.[2H]CF.[CH2-]CCCCl.[Zn+][I]. The summed E-state index contributed by atoms with van der Waals surface area (Å²) in [7, 11) is -1.00. The Morgan fingerprint density at radius 2 is 0.766 bits per heavy atom. The molecule has 0 saturated heterocycles. The zero-order chi connectivity index (χ0) is 58.8. The van der Waals surface area contributed by atoms with E-state index in [2.05, 4.69) is 213 Å². The Labute approximate surface area is 536 Å². The molecule has 0 N–H and O–H groups in total. The Morgan fingerprint density at radius 3 is 1.01 bits per heavy atom. The predicted octanol–water partition coefficient (Wildman–Crippen LogP) is 22.0. The fourth-order valence-corrected chi connectivity index (χ4v) is 10.8. The third-order valence-corrected chi connectivity index (χ3v) is 16.0. The summed E-state index contributed by atoms with van der Waals surface area (Å²) in [5.74, 6) is 6.36. The van der Waals surface area contributed by atoms with Crippen molar-refractivity contribution in [2.45, 2.75) is 194 Å². The molecular formula is C61H83Br2Cl4FI2O6Zn. The minimum atomic E-state index is -1.00. The molecule has 77 heavy (non-hydrogen) atoms. The van der Waals surface area contributed by atoms with E-state index in [0.29, 0.717) is 11.8 Å². The average molecular weight is 1550 g/mol. The van der Waals surface area contributed by atoms with Gasteiger partial charge in [-0.2, -0.15) is 6.42 Å². The molecule has 0 radical (unpaired) electrons. The third-order valence-electron chi connectivity index (χ3n) is 13.0. The molecule has 16 heteroatoms. The fraction of sp³-hybridized carbons (Fsp3) is 0.590. The van der Waals surface area contributed by atoms with Gasteiger partial charge in [-0.25, -0.2) is 0 Å². The number of alkyl halides is 6. The first-order valence-corrected chi connectivity index (χ1v) is 40.7. The second kappa shape index (κ2) is 33.6. The maximum absolute atomic E-state index is 9.96. The summed E-state index contributed by atoms with van der Waals surface area (Å²) < 4.78 is 57.0. The molecule has 4 aliphatic heterocycles. The monoisotopic (exact) mass is 1550 g/mol. The van der Waals surface area contributed by atoms with Crippen molar-refractivity contribution in [3.63, 3.8) is 0 Å². The molecule has 428 valence electrons. The summed E-state index contributed by atoms with van der Waals surface area (Å²) in [6, 6.07) is 17.5. The van der Waals surface area contributed by atoms with Gasteiger partial charge in [0.2, 0.25) is 25.2 Å². The summed E-state index contributed by atoms with van der Waals surface area (Å²) in [5, 5.41) is 0. The van der Waals surface area contributed by atoms with Crippen LogP contribution in [-0.4, -0.2) is 35.1 Å². The van der Waals surface area contributed by atoms with Gasteiger partial charge in [0.25, 0.3) is 0 Å². The van der Waals surface area contributed by atoms with Crippen LogP contribution in [0, 0.1) is 6.92 Å². The average Bonchev–Trinajstić information content (AvgIpc) is 3.39. The van der Waals surface area contributed by atoms with Gasteiger partial charge in [-0.05, 0) is 179 Å². The Bertz CT molecular complexity index is 2320. The van der Waals surface area contributed by atoms with Crippen molar-refractivity contribution in [2.24, 2.45) is 0 Å². The molecule has 0 aliphatic carbocycles. The normalized spacial score (nSPS) is 17.6. The summed E-state index contributed by atoms with van der Waals surface area (Å²) in [6.07, 6.45) is 8.41. The second-order valence-corrected chi connectivity index (χ2v) is 27.5. The van der Waals surface area contributed by atoms with E-state index in [0.717, 1.165) is 117 Å². The molecule has 6 nitrogen and oxygen atoms in total. The van der Waals surface area contributed by atoms with Crippen LogP contribution in [0.3, 0.4) is 0 Å². The van der Waals surface area contributed by atoms with E-state index in [1.54, 1.807) is 0 Å². The number of unbranched alkanes of at least 4 members (excludes halogenated alkanes) is 4. The summed E-state index contributed by atoms with van der Waals surface area (Å²) in [6.45, 7) is 30.2. The van der Waals surface area contributed by atoms with Crippen LogP contribution in [0.5, 0.6) is 23.0 Å². The molecule has 4 heterocycles. The number of rotatable bonds is 13. The molecule has 4 aromatic rings. The van der Waals surface area contributed by atoms with E-state index < -0.39 is 32.3 Å². The summed E-state index contributed by atoms with van der Waals surface area (Å²) in [5.41, 5.74) is 11.3. The number of ether oxygens (including phenoxy) is 6. The van der Waals surface area contributed by atoms with Gasteiger partial charge in [0.1, 0.15) is 23.0 Å². The van der Waals surface area contributed by atoms with Gasteiger partial charge < -0.3 is 25.9 Å². The molecule has 4 unspecified atom stereocenters. The van der Waals surface area contributed by atoms with E-state index in [4.69, 9.17) is 76.2 Å². The third kappa shape index (κ3) is 20.4. The molecule has 0 saturated carbocycles. The van der Waals surface area contributed by atoms with E-state index in [9.17, 15) is 4.39 Å². The summed E-state index contributed by atoms with van der Waals surface area (Å²) >= 11 is 36.0.